The van der Waals surface area contributed by atoms with Gasteiger partial charge in [-0.3, -0.25) is 9.36 Å². The van der Waals surface area contributed by atoms with Crippen LogP contribution in [0.5, 0.6) is 5.75 Å². The van der Waals surface area contributed by atoms with Crippen molar-refractivity contribution >= 4 is 58.2 Å². The van der Waals surface area contributed by atoms with Crippen molar-refractivity contribution in [1.29, 1.82) is 0 Å². The number of rotatable bonds is 7. The molecular formula is C30H19Cl3F4N2O4S. The molecule has 0 aliphatic carbocycles. The quantitative estimate of drug-likeness (QED) is 0.155. The van der Waals surface area contributed by atoms with Crippen molar-refractivity contribution in [2.75, 3.05) is 6.61 Å². The van der Waals surface area contributed by atoms with Crippen LogP contribution >= 0.6 is 46.1 Å². The third-order valence-corrected chi connectivity index (χ3v) is 8.13. The lowest BCUT2D eigenvalue weighted by atomic mass is 9.95. The summed E-state index contributed by atoms with van der Waals surface area (Å²) >= 11 is 19.3. The summed E-state index contributed by atoms with van der Waals surface area (Å²) in [6, 6.07) is 12.6. The third-order valence-electron chi connectivity index (χ3n) is 6.40. The largest absolute Gasteiger partial charge is 0.487 e. The third kappa shape index (κ3) is 6.56. The van der Waals surface area contributed by atoms with Crippen molar-refractivity contribution in [2.24, 2.45) is 4.99 Å². The Morgan fingerprint density at radius 1 is 1.05 bits per heavy atom. The zero-order chi connectivity index (χ0) is 31.8. The molecule has 228 valence electrons. The first-order valence-corrected chi connectivity index (χ1v) is 14.7. The minimum Gasteiger partial charge on any atom is -0.487 e. The first-order chi connectivity index (χ1) is 20.9. The molecule has 0 saturated carbocycles. The van der Waals surface area contributed by atoms with E-state index in [-0.39, 0.29) is 49.5 Å². The molecule has 0 N–H and O–H groups in total. The van der Waals surface area contributed by atoms with E-state index < -0.39 is 40.8 Å². The van der Waals surface area contributed by atoms with Crippen molar-refractivity contribution in [1.82, 2.24) is 4.57 Å². The Morgan fingerprint density at radius 2 is 1.73 bits per heavy atom. The van der Waals surface area contributed by atoms with Gasteiger partial charge in [-0.05, 0) is 60.5 Å². The van der Waals surface area contributed by atoms with Gasteiger partial charge in [0.25, 0.3) is 5.56 Å². The number of carbonyl (C=O) groups is 1. The van der Waals surface area contributed by atoms with Crippen LogP contribution in [-0.2, 0) is 16.1 Å². The fraction of sp³-hybridized carbons (Fsp3) is 0.167. The number of thiazole rings is 1. The molecule has 1 aliphatic rings. The summed E-state index contributed by atoms with van der Waals surface area (Å²) in [7, 11) is 0. The second kappa shape index (κ2) is 12.8. The first-order valence-electron chi connectivity index (χ1n) is 12.8. The number of carbonyl (C=O) groups excluding carboxylic acids is 1. The molecule has 14 heteroatoms. The number of aromatic nitrogens is 1. The average Bonchev–Trinajstić information content (AvgIpc) is 3.27. The molecule has 3 aromatic carbocycles. The molecule has 1 atom stereocenters. The molecule has 0 saturated heterocycles. The molecule has 2 heterocycles. The summed E-state index contributed by atoms with van der Waals surface area (Å²) in [6.07, 6.45) is -3.69. The highest BCUT2D eigenvalue weighted by molar-refractivity contribution is 7.07. The van der Waals surface area contributed by atoms with E-state index in [4.69, 9.17) is 44.3 Å². The smallest absolute Gasteiger partial charge is 0.434 e. The van der Waals surface area contributed by atoms with Crippen LogP contribution in [0.2, 0.25) is 15.1 Å². The topological polar surface area (TPSA) is 69.9 Å². The summed E-state index contributed by atoms with van der Waals surface area (Å²) in [6.45, 7) is 1.23. The number of hydrogen-bond acceptors (Lipinski definition) is 6. The molecule has 5 rings (SSSR count). The summed E-state index contributed by atoms with van der Waals surface area (Å²) in [5.41, 5.74) is -2.00. The van der Waals surface area contributed by atoms with E-state index in [1.165, 1.54) is 73.7 Å². The molecule has 0 spiro atoms. The lowest BCUT2D eigenvalue weighted by Crippen LogP contribution is -2.41. The van der Waals surface area contributed by atoms with E-state index in [1.807, 2.05) is 0 Å². The van der Waals surface area contributed by atoms with Crippen molar-refractivity contribution in [2.45, 2.75) is 25.7 Å². The highest BCUT2D eigenvalue weighted by Crippen LogP contribution is 2.39. The van der Waals surface area contributed by atoms with Crippen molar-refractivity contribution < 1.29 is 31.8 Å². The number of alkyl halides is 3. The minimum atomic E-state index is -5.05. The van der Waals surface area contributed by atoms with Gasteiger partial charge in [-0.25, -0.2) is 14.2 Å². The number of esters is 1. The van der Waals surface area contributed by atoms with Gasteiger partial charge in [-0.2, -0.15) is 13.2 Å². The van der Waals surface area contributed by atoms with Gasteiger partial charge in [-0.1, -0.05) is 70.4 Å². The van der Waals surface area contributed by atoms with Crippen molar-refractivity contribution in [3.05, 3.63) is 129 Å². The summed E-state index contributed by atoms with van der Waals surface area (Å²) < 4.78 is 68.2. The maximum atomic E-state index is 14.3. The van der Waals surface area contributed by atoms with E-state index in [0.29, 0.717) is 21.9 Å². The molecule has 0 radical (unpaired) electrons. The van der Waals surface area contributed by atoms with Gasteiger partial charge in [0.2, 0.25) is 0 Å². The SMILES string of the molecule is CCOC(=O)C1=C(C(F)(F)F)N=c2s/c(=C\c3cc(Cl)cc(Cl)c3OCc3ccc(F)cc3)c(=O)n2[C@H]1c1ccc(Cl)cc1. The average molecular weight is 686 g/mol. The van der Waals surface area contributed by atoms with Crippen LogP contribution in [0, 0.1) is 5.82 Å². The fourth-order valence-electron chi connectivity index (χ4n) is 4.52. The predicted octanol–water partition coefficient (Wildman–Crippen LogP) is 7.02. The van der Waals surface area contributed by atoms with E-state index in [2.05, 4.69) is 4.99 Å². The summed E-state index contributed by atoms with van der Waals surface area (Å²) in [5.74, 6) is -1.56. The predicted molar refractivity (Wildman–Crippen MR) is 159 cm³/mol. The maximum Gasteiger partial charge on any atom is 0.434 e. The first kappa shape index (κ1) is 31.8. The number of halogens is 7. The van der Waals surface area contributed by atoms with Crippen LogP contribution < -0.4 is 19.6 Å². The van der Waals surface area contributed by atoms with Crippen LogP contribution in [0.25, 0.3) is 6.08 Å². The number of fused-ring (bicyclic) bond motifs is 1. The number of nitrogens with zero attached hydrogens (tertiary/aromatic N) is 2. The second-order valence-electron chi connectivity index (χ2n) is 9.34. The monoisotopic (exact) mass is 684 g/mol. The van der Waals surface area contributed by atoms with Crippen LogP contribution in [0.1, 0.15) is 29.7 Å². The zero-order valence-electron chi connectivity index (χ0n) is 22.4. The Morgan fingerprint density at radius 3 is 2.36 bits per heavy atom. The molecule has 1 aromatic heterocycles. The van der Waals surface area contributed by atoms with Gasteiger partial charge in [-0.15, -0.1) is 0 Å². The summed E-state index contributed by atoms with van der Waals surface area (Å²) in [5, 5.41) is 0.595. The van der Waals surface area contributed by atoms with E-state index in [0.717, 1.165) is 4.57 Å². The van der Waals surface area contributed by atoms with Crippen LogP contribution in [-0.4, -0.2) is 23.3 Å². The molecule has 1 aliphatic heterocycles. The van der Waals surface area contributed by atoms with Gasteiger partial charge in [0.1, 0.15) is 18.2 Å². The van der Waals surface area contributed by atoms with Crippen LogP contribution in [0.15, 0.2) is 81.7 Å². The Kier molecular flexibility index (Phi) is 9.22. The highest BCUT2D eigenvalue weighted by atomic mass is 35.5. The van der Waals surface area contributed by atoms with E-state index in [1.54, 1.807) is 0 Å². The molecule has 0 bridgehead atoms. The standard InChI is InChI=1S/C30H19Cl3F4N2O4S/c1-2-42-28(41)23-24(16-5-7-18(31)8-6-16)39-27(40)22(44-29(39)38-26(23)30(35,36)37)12-17-11-19(32)13-21(33)25(17)43-14-15-3-9-20(34)10-4-15/h3-13,24H,2,14H2,1H3/b22-12-/t24-/m0/s1. The lowest BCUT2D eigenvalue weighted by Gasteiger charge is -2.26. The van der Waals surface area contributed by atoms with E-state index >= 15 is 0 Å². The molecule has 0 amide bonds. The Hall–Kier alpha value is -3.64. The Bertz CT molecular complexity index is 1950. The molecule has 44 heavy (non-hydrogen) atoms. The van der Waals surface area contributed by atoms with Gasteiger partial charge in [0, 0.05) is 15.6 Å². The minimum absolute atomic E-state index is 0.0157. The van der Waals surface area contributed by atoms with Gasteiger partial charge in [0.05, 0.1) is 27.8 Å². The number of benzene rings is 3. The normalized spacial score (nSPS) is 15.2. The Labute approximate surface area is 266 Å². The molecule has 0 unspecified atom stereocenters. The fourth-order valence-corrected chi connectivity index (χ4v) is 6.20. The van der Waals surface area contributed by atoms with Crippen LogP contribution in [0.4, 0.5) is 17.6 Å². The maximum absolute atomic E-state index is 14.3. The van der Waals surface area contributed by atoms with Crippen molar-refractivity contribution in [3.63, 3.8) is 0 Å². The number of hydrogen-bond donors (Lipinski definition) is 0. The van der Waals surface area contributed by atoms with Crippen LogP contribution in [0.3, 0.4) is 0 Å². The molecule has 0 fully saturated rings. The Balaban J connectivity index is 1.71. The van der Waals surface area contributed by atoms with Gasteiger partial charge < -0.3 is 9.47 Å². The lowest BCUT2D eigenvalue weighted by molar-refractivity contribution is -0.140. The number of ether oxygens (including phenoxy) is 2. The highest BCUT2D eigenvalue weighted by Gasteiger charge is 2.45. The second-order valence-corrected chi connectivity index (χ2v) is 11.6. The summed E-state index contributed by atoms with van der Waals surface area (Å²) in [4.78, 5) is 30.3. The van der Waals surface area contributed by atoms with Gasteiger partial charge >= 0.3 is 12.1 Å². The van der Waals surface area contributed by atoms with E-state index in [9.17, 15) is 27.2 Å². The molecule has 4 aromatic rings. The zero-order valence-corrected chi connectivity index (χ0v) is 25.5. The number of allylic oxidation sites excluding steroid dienone is 1. The van der Waals surface area contributed by atoms with Gasteiger partial charge in [0.15, 0.2) is 10.5 Å². The molecule has 6 nitrogen and oxygen atoms in total. The van der Waals surface area contributed by atoms with Crippen molar-refractivity contribution in [3.8, 4) is 5.75 Å². The molecular weight excluding hydrogens is 667 g/mol.